The first-order valence-corrected chi connectivity index (χ1v) is 12.0. The number of rotatable bonds is 8. The van der Waals surface area contributed by atoms with Gasteiger partial charge < -0.3 is 10.1 Å². The first-order valence-electron chi connectivity index (χ1n) is 11.6. The molecule has 0 aliphatic carbocycles. The number of carbonyl (C=O) groups is 1. The van der Waals surface area contributed by atoms with Crippen molar-refractivity contribution in [3.63, 3.8) is 0 Å². The Balaban J connectivity index is 1.54. The Bertz CT molecular complexity index is 1300. The summed E-state index contributed by atoms with van der Waals surface area (Å²) in [5, 5.41) is 3.91. The zero-order valence-corrected chi connectivity index (χ0v) is 21.0. The summed E-state index contributed by atoms with van der Waals surface area (Å²) in [6, 6.07) is 25.1. The maximum Gasteiger partial charge on any atom is 0.225 e. The molecular formula is C30H29ClN2O2. The largest absolute Gasteiger partial charge is 0.489 e. The van der Waals surface area contributed by atoms with Crippen LogP contribution in [0.15, 0.2) is 85.1 Å². The van der Waals surface area contributed by atoms with Gasteiger partial charge in [-0.15, -0.1) is 0 Å². The Morgan fingerprint density at radius 2 is 1.69 bits per heavy atom. The van der Waals surface area contributed by atoms with Gasteiger partial charge in [0.05, 0.1) is 12.5 Å². The molecule has 4 aromatic rings. The van der Waals surface area contributed by atoms with Crippen molar-refractivity contribution in [3.05, 3.63) is 129 Å². The molecule has 1 unspecified atom stereocenters. The number of hydrogen-bond donors (Lipinski definition) is 1. The van der Waals surface area contributed by atoms with Crippen LogP contribution in [0.3, 0.4) is 0 Å². The lowest BCUT2D eigenvalue weighted by Gasteiger charge is -2.22. The van der Waals surface area contributed by atoms with E-state index < -0.39 is 0 Å². The lowest BCUT2D eigenvalue weighted by Crippen LogP contribution is -2.31. The van der Waals surface area contributed by atoms with Crippen LogP contribution in [0.25, 0.3) is 0 Å². The van der Waals surface area contributed by atoms with Crippen LogP contribution in [0.2, 0.25) is 5.02 Å². The van der Waals surface area contributed by atoms with Crippen LogP contribution >= 0.6 is 11.6 Å². The molecule has 3 aromatic carbocycles. The molecule has 5 heteroatoms. The van der Waals surface area contributed by atoms with Crippen molar-refractivity contribution in [1.82, 2.24) is 10.3 Å². The molecule has 0 saturated heterocycles. The average molecular weight is 485 g/mol. The molecule has 4 rings (SSSR count). The van der Waals surface area contributed by atoms with Crippen molar-refractivity contribution < 1.29 is 9.53 Å². The van der Waals surface area contributed by atoms with E-state index in [4.69, 9.17) is 16.3 Å². The number of hydrogen-bond acceptors (Lipinski definition) is 3. The molecule has 1 aromatic heterocycles. The van der Waals surface area contributed by atoms with E-state index in [0.29, 0.717) is 17.4 Å². The van der Waals surface area contributed by atoms with E-state index in [1.165, 1.54) is 0 Å². The highest BCUT2D eigenvalue weighted by Crippen LogP contribution is 2.28. The van der Waals surface area contributed by atoms with Gasteiger partial charge in [-0.2, -0.15) is 0 Å². The second-order valence-corrected chi connectivity index (χ2v) is 9.11. The van der Waals surface area contributed by atoms with Crippen LogP contribution in [0.4, 0.5) is 0 Å². The summed E-state index contributed by atoms with van der Waals surface area (Å²) in [7, 11) is 0. The van der Waals surface area contributed by atoms with E-state index in [2.05, 4.69) is 17.2 Å². The SMILES string of the molecule is Cc1cc(Cl)ccc1C(NC(=O)Cc1ccccc1OCc1c(C)ccnc1C)c1ccccc1. The molecule has 178 valence electrons. The second kappa shape index (κ2) is 11.2. The van der Waals surface area contributed by atoms with Crippen LogP contribution in [0.1, 0.15) is 45.1 Å². The highest BCUT2D eigenvalue weighted by Gasteiger charge is 2.20. The zero-order chi connectivity index (χ0) is 24.8. The molecular weight excluding hydrogens is 456 g/mol. The number of ether oxygens (including phenoxy) is 1. The fourth-order valence-corrected chi connectivity index (χ4v) is 4.44. The summed E-state index contributed by atoms with van der Waals surface area (Å²) in [5.74, 6) is 0.613. The number of nitrogens with one attached hydrogen (secondary N) is 1. The number of para-hydroxylation sites is 1. The molecule has 0 aliphatic heterocycles. The third kappa shape index (κ3) is 6.09. The van der Waals surface area contributed by atoms with Crippen LogP contribution in [-0.4, -0.2) is 10.9 Å². The number of aromatic nitrogens is 1. The highest BCUT2D eigenvalue weighted by molar-refractivity contribution is 6.30. The van der Waals surface area contributed by atoms with Gasteiger partial charge in [0.25, 0.3) is 0 Å². The van der Waals surface area contributed by atoms with Crippen molar-refractivity contribution in [1.29, 1.82) is 0 Å². The van der Waals surface area contributed by atoms with E-state index in [9.17, 15) is 4.79 Å². The van der Waals surface area contributed by atoms with Gasteiger partial charge in [0.15, 0.2) is 0 Å². The minimum atomic E-state index is -0.283. The maximum absolute atomic E-state index is 13.3. The fourth-order valence-electron chi connectivity index (χ4n) is 4.22. The van der Waals surface area contributed by atoms with Crippen molar-refractivity contribution >= 4 is 17.5 Å². The molecule has 4 nitrogen and oxygen atoms in total. The normalized spacial score (nSPS) is 11.7. The number of nitrogens with zero attached hydrogens (tertiary/aromatic N) is 1. The first kappa shape index (κ1) is 24.5. The number of amides is 1. The lowest BCUT2D eigenvalue weighted by atomic mass is 9.94. The summed E-state index contributed by atoms with van der Waals surface area (Å²) in [6.45, 7) is 6.44. The predicted molar refractivity (Wildman–Crippen MR) is 141 cm³/mol. The van der Waals surface area contributed by atoms with E-state index in [1.807, 2.05) is 92.7 Å². The Hall–Kier alpha value is -3.63. The third-order valence-corrected chi connectivity index (χ3v) is 6.42. The standard InChI is InChI=1S/C30H29ClN2O2/c1-20-15-16-32-22(3)27(20)19-35-28-12-8-7-11-24(28)18-29(34)33-30(23-9-5-4-6-10-23)26-14-13-25(31)17-21(26)2/h4-17,30H,18-19H2,1-3H3,(H,33,34). The van der Waals surface area contributed by atoms with Gasteiger partial charge in [0.1, 0.15) is 12.4 Å². The summed E-state index contributed by atoms with van der Waals surface area (Å²) in [5.41, 5.74) is 7.04. The monoisotopic (exact) mass is 484 g/mol. The van der Waals surface area contributed by atoms with Crippen molar-refractivity contribution in [2.24, 2.45) is 0 Å². The molecule has 1 amide bonds. The zero-order valence-electron chi connectivity index (χ0n) is 20.2. The smallest absolute Gasteiger partial charge is 0.225 e. The average Bonchev–Trinajstić information content (AvgIpc) is 2.84. The van der Waals surface area contributed by atoms with Gasteiger partial charge in [-0.25, -0.2) is 0 Å². The quantitative estimate of drug-likeness (QED) is 0.303. The predicted octanol–water partition coefficient (Wildman–Crippen LogP) is 6.69. The summed E-state index contributed by atoms with van der Waals surface area (Å²) < 4.78 is 6.16. The number of carbonyl (C=O) groups excluding carboxylic acids is 1. The Labute approximate surface area is 212 Å². The van der Waals surface area contributed by atoms with E-state index in [0.717, 1.165) is 39.1 Å². The van der Waals surface area contributed by atoms with Crippen molar-refractivity contribution in [2.45, 2.75) is 39.8 Å². The molecule has 1 atom stereocenters. The minimum absolute atomic E-state index is 0.0852. The Morgan fingerprint density at radius 1 is 0.943 bits per heavy atom. The third-order valence-electron chi connectivity index (χ3n) is 6.18. The molecule has 0 fully saturated rings. The van der Waals surface area contributed by atoms with E-state index in [1.54, 1.807) is 6.20 Å². The Morgan fingerprint density at radius 3 is 2.43 bits per heavy atom. The van der Waals surface area contributed by atoms with Crippen LogP contribution < -0.4 is 10.1 Å². The lowest BCUT2D eigenvalue weighted by molar-refractivity contribution is -0.121. The number of pyridine rings is 1. The molecule has 1 heterocycles. The molecule has 1 N–H and O–H groups in total. The van der Waals surface area contributed by atoms with Crippen molar-refractivity contribution in [2.75, 3.05) is 0 Å². The van der Waals surface area contributed by atoms with Crippen LogP contribution in [0.5, 0.6) is 5.75 Å². The molecule has 0 spiro atoms. The van der Waals surface area contributed by atoms with Crippen molar-refractivity contribution in [3.8, 4) is 5.75 Å². The fraction of sp³-hybridized carbons (Fsp3) is 0.200. The number of halogens is 1. The molecule has 0 radical (unpaired) electrons. The molecule has 35 heavy (non-hydrogen) atoms. The van der Waals surface area contributed by atoms with Gasteiger partial charge in [-0.3, -0.25) is 9.78 Å². The van der Waals surface area contributed by atoms with Crippen LogP contribution in [0, 0.1) is 20.8 Å². The van der Waals surface area contributed by atoms with Gasteiger partial charge in [0, 0.05) is 28.0 Å². The highest BCUT2D eigenvalue weighted by atomic mass is 35.5. The summed E-state index contributed by atoms with van der Waals surface area (Å²) in [6.07, 6.45) is 2.01. The topological polar surface area (TPSA) is 51.2 Å². The Kier molecular flexibility index (Phi) is 7.84. The molecule has 0 bridgehead atoms. The summed E-state index contributed by atoms with van der Waals surface area (Å²) >= 11 is 6.19. The number of benzene rings is 3. The van der Waals surface area contributed by atoms with Gasteiger partial charge in [-0.1, -0.05) is 66.2 Å². The van der Waals surface area contributed by atoms with E-state index in [-0.39, 0.29) is 18.4 Å². The van der Waals surface area contributed by atoms with Gasteiger partial charge in [0.2, 0.25) is 5.91 Å². The molecule has 0 aliphatic rings. The van der Waals surface area contributed by atoms with Crippen LogP contribution in [-0.2, 0) is 17.8 Å². The van der Waals surface area contributed by atoms with E-state index >= 15 is 0 Å². The first-order chi connectivity index (χ1) is 16.9. The number of aryl methyl sites for hydroxylation is 3. The minimum Gasteiger partial charge on any atom is -0.489 e. The molecule has 0 saturated carbocycles. The van der Waals surface area contributed by atoms with Gasteiger partial charge >= 0.3 is 0 Å². The summed E-state index contributed by atoms with van der Waals surface area (Å²) in [4.78, 5) is 17.7. The second-order valence-electron chi connectivity index (χ2n) is 8.68. The van der Waals surface area contributed by atoms with Gasteiger partial charge in [-0.05, 0) is 67.3 Å². The maximum atomic E-state index is 13.3.